The molecule has 0 saturated carbocycles. The Morgan fingerprint density at radius 3 is 2.52 bits per heavy atom. The third kappa shape index (κ3) is 3.62. The standard InChI is InChI=1S/C20H21N3O4/c1-4-11-23-20(25)15-8-6-5-7-14(15)18(22-23)19(24)21-16-10-9-13(26-2)12-17(16)27-3/h5-10,12H,4,11H2,1-3H3,(H,21,24). The molecule has 140 valence electrons. The van der Waals surface area contributed by atoms with Gasteiger partial charge in [-0.25, -0.2) is 4.68 Å². The van der Waals surface area contributed by atoms with Gasteiger partial charge >= 0.3 is 0 Å². The summed E-state index contributed by atoms with van der Waals surface area (Å²) in [6.07, 6.45) is 0.735. The summed E-state index contributed by atoms with van der Waals surface area (Å²) in [7, 11) is 3.07. The minimum Gasteiger partial charge on any atom is -0.497 e. The molecule has 0 atom stereocenters. The van der Waals surface area contributed by atoms with E-state index < -0.39 is 5.91 Å². The van der Waals surface area contributed by atoms with E-state index in [-0.39, 0.29) is 11.3 Å². The second-order valence-corrected chi connectivity index (χ2v) is 5.94. The molecule has 3 aromatic rings. The largest absolute Gasteiger partial charge is 0.497 e. The number of anilines is 1. The molecule has 2 aromatic carbocycles. The monoisotopic (exact) mass is 367 g/mol. The Balaban J connectivity index is 2.06. The smallest absolute Gasteiger partial charge is 0.276 e. The van der Waals surface area contributed by atoms with E-state index in [9.17, 15) is 9.59 Å². The zero-order valence-corrected chi connectivity index (χ0v) is 15.5. The van der Waals surface area contributed by atoms with Crippen molar-refractivity contribution >= 4 is 22.4 Å². The Hall–Kier alpha value is -3.35. The number of benzene rings is 2. The predicted molar refractivity (Wildman–Crippen MR) is 104 cm³/mol. The van der Waals surface area contributed by atoms with Crippen LogP contribution in [0, 0.1) is 0 Å². The number of hydrogen-bond donors (Lipinski definition) is 1. The van der Waals surface area contributed by atoms with E-state index >= 15 is 0 Å². The van der Waals surface area contributed by atoms with Gasteiger partial charge in [-0.2, -0.15) is 5.10 Å². The van der Waals surface area contributed by atoms with Crippen LogP contribution in [0.25, 0.3) is 10.8 Å². The van der Waals surface area contributed by atoms with Crippen LogP contribution in [0.15, 0.2) is 47.3 Å². The average Bonchev–Trinajstić information content (AvgIpc) is 2.70. The van der Waals surface area contributed by atoms with Crippen LogP contribution < -0.4 is 20.3 Å². The number of amides is 1. The number of ether oxygens (including phenoxy) is 2. The van der Waals surface area contributed by atoms with Crippen molar-refractivity contribution in [3.63, 3.8) is 0 Å². The second kappa shape index (κ2) is 7.90. The molecule has 1 amide bonds. The van der Waals surface area contributed by atoms with Gasteiger partial charge < -0.3 is 14.8 Å². The molecule has 0 aliphatic carbocycles. The molecule has 0 aliphatic heterocycles. The first-order valence-electron chi connectivity index (χ1n) is 8.62. The summed E-state index contributed by atoms with van der Waals surface area (Å²) in [5.74, 6) is 0.665. The maximum absolute atomic E-state index is 12.9. The molecule has 0 fully saturated rings. The van der Waals surface area contributed by atoms with Gasteiger partial charge in [-0.1, -0.05) is 25.1 Å². The van der Waals surface area contributed by atoms with Crippen LogP contribution in [0.4, 0.5) is 5.69 Å². The molecule has 1 heterocycles. The molecule has 0 bridgehead atoms. The highest BCUT2D eigenvalue weighted by atomic mass is 16.5. The van der Waals surface area contributed by atoms with Gasteiger partial charge in [0.15, 0.2) is 5.69 Å². The fourth-order valence-corrected chi connectivity index (χ4v) is 2.85. The van der Waals surface area contributed by atoms with Gasteiger partial charge in [-0.3, -0.25) is 9.59 Å². The fourth-order valence-electron chi connectivity index (χ4n) is 2.85. The van der Waals surface area contributed by atoms with E-state index in [1.165, 1.54) is 11.8 Å². The molecule has 0 saturated heterocycles. The van der Waals surface area contributed by atoms with Gasteiger partial charge in [-0.05, 0) is 24.6 Å². The number of nitrogens with one attached hydrogen (secondary N) is 1. The number of nitrogens with zero attached hydrogens (tertiary/aromatic N) is 2. The predicted octanol–water partition coefficient (Wildman–Crippen LogP) is 3.08. The Morgan fingerprint density at radius 1 is 1.11 bits per heavy atom. The molecule has 1 aromatic heterocycles. The van der Waals surface area contributed by atoms with Crippen molar-refractivity contribution in [2.45, 2.75) is 19.9 Å². The summed E-state index contributed by atoms with van der Waals surface area (Å²) in [6, 6.07) is 12.1. The zero-order valence-electron chi connectivity index (χ0n) is 15.5. The first kappa shape index (κ1) is 18.4. The first-order chi connectivity index (χ1) is 13.1. The topological polar surface area (TPSA) is 82.5 Å². The van der Waals surface area contributed by atoms with Crippen LogP contribution in [-0.4, -0.2) is 29.9 Å². The third-order valence-electron chi connectivity index (χ3n) is 4.18. The molecule has 0 radical (unpaired) electrons. The van der Waals surface area contributed by atoms with E-state index in [1.807, 2.05) is 6.92 Å². The van der Waals surface area contributed by atoms with Crippen molar-refractivity contribution in [2.24, 2.45) is 0 Å². The number of aromatic nitrogens is 2. The van der Waals surface area contributed by atoms with Crippen LogP contribution >= 0.6 is 0 Å². The molecule has 3 rings (SSSR count). The summed E-state index contributed by atoms with van der Waals surface area (Å²) >= 11 is 0. The first-order valence-corrected chi connectivity index (χ1v) is 8.62. The second-order valence-electron chi connectivity index (χ2n) is 5.94. The fraction of sp³-hybridized carbons (Fsp3) is 0.250. The molecular weight excluding hydrogens is 346 g/mol. The summed E-state index contributed by atoms with van der Waals surface area (Å²) in [5.41, 5.74) is 0.477. The molecule has 7 heteroatoms. The summed E-state index contributed by atoms with van der Waals surface area (Å²) < 4.78 is 11.8. The van der Waals surface area contributed by atoms with Crippen LogP contribution in [0.5, 0.6) is 11.5 Å². The van der Waals surface area contributed by atoms with E-state index in [0.29, 0.717) is 34.5 Å². The number of aryl methyl sites for hydroxylation is 1. The maximum Gasteiger partial charge on any atom is 0.276 e. The van der Waals surface area contributed by atoms with Crippen LogP contribution in [-0.2, 0) is 6.54 Å². The quantitative estimate of drug-likeness (QED) is 0.724. The molecular formula is C20H21N3O4. The highest BCUT2D eigenvalue weighted by molar-refractivity contribution is 6.11. The Bertz CT molecular complexity index is 1040. The normalized spacial score (nSPS) is 10.6. The van der Waals surface area contributed by atoms with Crippen molar-refractivity contribution in [1.82, 2.24) is 9.78 Å². The van der Waals surface area contributed by atoms with Gasteiger partial charge in [0.05, 0.1) is 25.3 Å². The van der Waals surface area contributed by atoms with Gasteiger partial charge in [0, 0.05) is 18.0 Å². The lowest BCUT2D eigenvalue weighted by Gasteiger charge is -2.13. The summed E-state index contributed by atoms with van der Waals surface area (Å²) in [4.78, 5) is 25.5. The number of hydrogen-bond acceptors (Lipinski definition) is 5. The molecule has 0 aliphatic rings. The van der Waals surface area contributed by atoms with E-state index in [2.05, 4.69) is 10.4 Å². The number of rotatable bonds is 6. The van der Waals surface area contributed by atoms with Crippen molar-refractivity contribution in [3.8, 4) is 11.5 Å². The summed E-state index contributed by atoms with van der Waals surface area (Å²) in [5, 5.41) is 8.09. The van der Waals surface area contributed by atoms with Crippen molar-refractivity contribution in [1.29, 1.82) is 0 Å². The average molecular weight is 367 g/mol. The van der Waals surface area contributed by atoms with E-state index in [0.717, 1.165) is 6.42 Å². The Labute approximate surface area is 156 Å². The maximum atomic E-state index is 12.9. The van der Waals surface area contributed by atoms with Crippen molar-refractivity contribution in [3.05, 3.63) is 58.5 Å². The highest BCUT2D eigenvalue weighted by Crippen LogP contribution is 2.29. The van der Waals surface area contributed by atoms with Gasteiger partial charge in [0.2, 0.25) is 0 Å². The summed E-state index contributed by atoms with van der Waals surface area (Å²) in [6.45, 7) is 2.39. The van der Waals surface area contributed by atoms with E-state index in [4.69, 9.17) is 9.47 Å². The van der Waals surface area contributed by atoms with E-state index in [1.54, 1.807) is 49.6 Å². The molecule has 0 spiro atoms. The molecule has 27 heavy (non-hydrogen) atoms. The van der Waals surface area contributed by atoms with Crippen LogP contribution in [0.2, 0.25) is 0 Å². The van der Waals surface area contributed by atoms with Crippen LogP contribution in [0.3, 0.4) is 0 Å². The van der Waals surface area contributed by atoms with Crippen molar-refractivity contribution < 1.29 is 14.3 Å². The number of fused-ring (bicyclic) bond motifs is 1. The third-order valence-corrected chi connectivity index (χ3v) is 4.18. The lowest BCUT2D eigenvalue weighted by Crippen LogP contribution is -2.27. The highest BCUT2D eigenvalue weighted by Gasteiger charge is 2.18. The van der Waals surface area contributed by atoms with Gasteiger partial charge in [-0.15, -0.1) is 0 Å². The minimum absolute atomic E-state index is 0.191. The minimum atomic E-state index is -0.417. The number of carbonyl (C=O) groups excluding carboxylic acids is 1. The number of carbonyl (C=O) groups is 1. The van der Waals surface area contributed by atoms with Crippen LogP contribution in [0.1, 0.15) is 23.8 Å². The van der Waals surface area contributed by atoms with Crippen molar-refractivity contribution in [2.75, 3.05) is 19.5 Å². The number of methoxy groups -OCH3 is 2. The lowest BCUT2D eigenvalue weighted by atomic mass is 10.1. The van der Waals surface area contributed by atoms with Gasteiger partial charge in [0.1, 0.15) is 11.5 Å². The molecule has 7 nitrogen and oxygen atoms in total. The lowest BCUT2D eigenvalue weighted by molar-refractivity contribution is 0.102. The molecule has 1 N–H and O–H groups in total. The zero-order chi connectivity index (χ0) is 19.4. The Morgan fingerprint density at radius 2 is 1.85 bits per heavy atom. The Kier molecular flexibility index (Phi) is 5.40. The molecule has 0 unspecified atom stereocenters. The SMILES string of the molecule is CCCn1nc(C(=O)Nc2ccc(OC)cc2OC)c2ccccc2c1=O. The van der Waals surface area contributed by atoms with Gasteiger partial charge in [0.25, 0.3) is 11.5 Å².